The summed E-state index contributed by atoms with van der Waals surface area (Å²) in [5.41, 5.74) is 7.92. The molecule has 1 amide bonds. The van der Waals surface area contributed by atoms with E-state index in [1.807, 2.05) is 31.1 Å². The second-order valence-corrected chi connectivity index (χ2v) is 5.13. The van der Waals surface area contributed by atoms with Gasteiger partial charge in [0.2, 0.25) is 0 Å². The lowest BCUT2D eigenvalue weighted by Gasteiger charge is -2.22. The number of carbonyl (C=O) groups is 1. The van der Waals surface area contributed by atoms with Gasteiger partial charge in [0.1, 0.15) is 0 Å². The van der Waals surface area contributed by atoms with Crippen molar-refractivity contribution in [2.24, 2.45) is 0 Å². The van der Waals surface area contributed by atoms with E-state index >= 15 is 0 Å². The highest BCUT2D eigenvalue weighted by molar-refractivity contribution is 6.00. The molecule has 1 aliphatic rings. The second-order valence-electron chi connectivity index (χ2n) is 5.13. The number of nitrogen functional groups attached to an aromatic ring is 1. The minimum atomic E-state index is -0.0451. The number of nitrogens with zero attached hydrogens (tertiary/aromatic N) is 1. The molecule has 0 fully saturated rings. The number of nitrogens with one attached hydrogen (secondary N) is 1. The third-order valence-electron chi connectivity index (χ3n) is 3.35. The highest BCUT2D eigenvalue weighted by atomic mass is 16.1. The molecule has 0 spiro atoms. The van der Waals surface area contributed by atoms with Crippen molar-refractivity contribution in [3.63, 3.8) is 0 Å². The number of anilines is 2. The van der Waals surface area contributed by atoms with E-state index in [-0.39, 0.29) is 11.9 Å². The standard InChI is InChI=1S/C15H21N3O/c1-18(2)14-9-8-11(16)10-13(14)15(19)17-12-6-4-3-5-7-12/h3-4,8-10,12H,5-7,16H2,1-2H3,(H,17,19). The van der Waals surface area contributed by atoms with Gasteiger partial charge in [-0.15, -0.1) is 0 Å². The number of rotatable bonds is 3. The average Bonchev–Trinajstić information content (AvgIpc) is 2.39. The molecule has 102 valence electrons. The van der Waals surface area contributed by atoms with Crippen LogP contribution in [0, 0.1) is 0 Å². The van der Waals surface area contributed by atoms with Crippen LogP contribution in [0.5, 0.6) is 0 Å². The van der Waals surface area contributed by atoms with Gasteiger partial charge in [-0.1, -0.05) is 12.2 Å². The summed E-state index contributed by atoms with van der Waals surface area (Å²) in [7, 11) is 3.84. The predicted octanol–water partition coefficient (Wildman–Crippen LogP) is 2.17. The molecule has 0 saturated carbocycles. The van der Waals surface area contributed by atoms with Crippen LogP contribution in [-0.2, 0) is 0 Å². The number of benzene rings is 1. The van der Waals surface area contributed by atoms with Gasteiger partial charge in [0.15, 0.2) is 0 Å². The van der Waals surface area contributed by atoms with Gasteiger partial charge in [0, 0.05) is 31.5 Å². The zero-order valence-electron chi connectivity index (χ0n) is 11.5. The summed E-state index contributed by atoms with van der Waals surface area (Å²) in [6.45, 7) is 0. The highest BCUT2D eigenvalue weighted by Gasteiger charge is 2.17. The number of nitrogens with two attached hydrogens (primary N) is 1. The van der Waals surface area contributed by atoms with Crippen molar-refractivity contribution in [3.8, 4) is 0 Å². The number of carbonyl (C=O) groups excluding carboxylic acids is 1. The molecule has 4 nitrogen and oxygen atoms in total. The Morgan fingerprint density at radius 2 is 2.16 bits per heavy atom. The molecular weight excluding hydrogens is 238 g/mol. The van der Waals surface area contributed by atoms with E-state index in [1.54, 1.807) is 6.07 Å². The first-order valence-corrected chi connectivity index (χ1v) is 6.60. The van der Waals surface area contributed by atoms with Crippen LogP contribution in [-0.4, -0.2) is 26.0 Å². The zero-order chi connectivity index (χ0) is 13.8. The summed E-state index contributed by atoms with van der Waals surface area (Å²) in [6, 6.07) is 5.66. The molecule has 0 aromatic heterocycles. The number of hydrogen-bond donors (Lipinski definition) is 2. The molecule has 1 aliphatic carbocycles. The first-order chi connectivity index (χ1) is 9.08. The van der Waals surface area contributed by atoms with Crippen molar-refractivity contribution < 1.29 is 4.79 Å². The van der Waals surface area contributed by atoms with Gasteiger partial charge in [-0.05, 0) is 37.5 Å². The monoisotopic (exact) mass is 259 g/mol. The van der Waals surface area contributed by atoms with Crippen LogP contribution >= 0.6 is 0 Å². The second kappa shape index (κ2) is 5.78. The molecule has 2 rings (SSSR count). The smallest absolute Gasteiger partial charge is 0.253 e. The van der Waals surface area contributed by atoms with E-state index in [2.05, 4.69) is 17.5 Å². The van der Waals surface area contributed by atoms with Crippen LogP contribution in [0.1, 0.15) is 29.6 Å². The number of allylic oxidation sites excluding steroid dienone is 1. The molecule has 1 aromatic carbocycles. The zero-order valence-corrected chi connectivity index (χ0v) is 11.5. The van der Waals surface area contributed by atoms with Crippen LogP contribution in [0.2, 0.25) is 0 Å². The fourth-order valence-corrected chi connectivity index (χ4v) is 2.31. The molecule has 19 heavy (non-hydrogen) atoms. The summed E-state index contributed by atoms with van der Waals surface area (Å²) in [5, 5.41) is 3.09. The molecule has 1 unspecified atom stereocenters. The molecule has 1 aromatic rings. The lowest BCUT2D eigenvalue weighted by atomic mass is 10.0. The van der Waals surface area contributed by atoms with E-state index in [0.29, 0.717) is 11.3 Å². The lowest BCUT2D eigenvalue weighted by Crippen LogP contribution is -2.36. The lowest BCUT2D eigenvalue weighted by molar-refractivity contribution is 0.0935. The Labute approximate surface area is 114 Å². The molecule has 0 saturated heterocycles. The summed E-state index contributed by atoms with van der Waals surface area (Å²) in [5.74, 6) is -0.0451. The molecule has 0 bridgehead atoms. The van der Waals surface area contributed by atoms with E-state index in [4.69, 9.17) is 5.73 Å². The quantitative estimate of drug-likeness (QED) is 0.646. The van der Waals surface area contributed by atoms with Crippen LogP contribution in [0.15, 0.2) is 30.4 Å². The van der Waals surface area contributed by atoms with Crippen molar-refractivity contribution in [2.75, 3.05) is 24.7 Å². The van der Waals surface area contributed by atoms with E-state index < -0.39 is 0 Å². The first-order valence-electron chi connectivity index (χ1n) is 6.60. The van der Waals surface area contributed by atoms with E-state index in [9.17, 15) is 4.79 Å². The van der Waals surface area contributed by atoms with Crippen LogP contribution in [0.3, 0.4) is 0 Å². The largest absolute Gasteiger partial charge is 0.399 e. The Hall–Kier alpha value is -1.97. The maximum atomic E-state index is 12.4. The SMILES string of the molecule is CN(C)c1ccc(N)cc1C(=O)NC1CC=CCC1. The summed E-state index contributed by atoms with van der Waals surface area (Å²) in [6.07, 6.45) is 7.23. The fraction of sp³-hybridized carbons (Fsp3) is 0.400. The number of hydrogen-bond acceptors (Lipinski definition) is 3. The van der Waals surface area contributed by atoms with Gasteiger partial charge in [0.05, 0.1) is 5.56 Å². The first kappa shape index (κ1) is 13.5. The van der Waals surface area contributed by atoms with Crippen LogP contribution in [0.25, 0.3) is 0 Å². The normalized spacial score (nSPS) is 18.1. The van der Waals surface area contributed by atoms with Gasteiger partial charge in [-0.3, -0.25) is 4.79 Å². The third-order valence-corrected chi connectivity index (χ3v) is 3.35. The maximum Gasteiger partial charge on any atom is 0.253 e. The molecule has 4 heteroatoms. The Morgan fingerprint density at radius 3 is 2.79 bits per heavy atom. The van der Waals surface area contributed by atoms with E-state index in [1.165, 1.54) is 0 Å². The van der Waals surface area contributed by atoms with Gasteiger partial charge in [-0.2, -0.15) is 0 Å². The molecule has 0 heterocycles. The van der Waals surface area contributed by atoms with Gasteiger partial charge in [-0.25, -0.2) is 0 Å². The minimum absolute atomic E-state index is 0.0451. The predicted molar refractivity (Wildman–Crippen MR) is 79.4 cm³/mol. The van der Waals surface area contributed by atoms with Crippen molar-refractivity contribution in [1.82, 2.24) is 5.32 Å². The average molecular weight is 259 g/mol. The van der Waals surface area contributed by atoms with Gasteiger partial charge >= 0.3 is 0 Å². The van der Waals surface area contributed by atoms with E-state index in [0.717, 1.165) is 24.9 Å². The van der Waals surface area contributed by atoms with Gasteiger partial charge < -0.3 is 16.0 Å². The fourth-order valence-electron chi connectivity index (χ4n) is 2.31. The van der Waals surface area contributed by atoms with Crippen LogP contribution in [0.4, 0.5) is 11.4 Å². The third kappa shape index (κ3) is 3.28. The summed E-state index contributed by atoms with van der Waals surface area (Å²) in [4.78, 5) is 14.3. The minimum Gasteiger partial charge on any atom is -0.399 e. The molecule has 0 aliphatic heterocycles. The topological polar surface area (TPSA) is 58.4 Å². The Bertz CT molecular complexity index is 494. The Balaban J connectivity index is 2.17. The van der Waals surface area contributed by atoms with Crippen molar-refractivity contribution >= 4 is 17.3 Å². The molecule has 0 radical (unpaired) electrons. The highest BCUT2D eigenvalue weighted by Crippen LogP contribution is 2.22. The maximum absolute atomic E-state index is 12.4. The van der Waals surface area contributed by atoms with Crippen molar-refractivity contribution in [2.45, 2.75) is 25.3 Å². The molecular formula is C15H21N3O. The Morgan fingerprint density at radius 1 is 1.37 bits per heavy atom. The van der Waals surface area contributed by atoms with Crippen LogP contribution < -0.4 is 16.0 Å². The molecule has 1 atom stereocenters. The molecule has 3 N–H and O–H groups in total. The summed E-state index contributed by atoms with van der Waals surface area (Å²) >= 11 is 0. The van der Waals surface area contributed by atoms with Gasteiger partial charge in [0.25, 0.3) is 5.91 Å². The van der Waals surface area contributed by atoms with Crippen molar-refractivity contribution in [3.05, 3.63) is 35.9 Å². The van der Waals surface area contributed by atoms with Crippen molar-refractivity contribution in [1.29, 1.82) is 0 Å². The Kier molecular flexibility index (Phi) is 4.10. The number of amides is 1. The summed E-state index contributed by atoms with van der Waals surface area (Å²) < 4.78 is 0.